The van der Waals surface area contributed by atoms with Gasteiger partial charge in [-0.05, 0) is 18.2 Å². The first-order chi connectivity index (χ1) is 12.2. The Morgan fingerprint density at radius 2 is 1.96 bits per heavy atom. The van der Waals surface area contributed by atoms with E-state index in [1.165, 1.54) is 11.8 Å². The van der Waals surface area contributed by atoms with Crippen LogP contribution < -0.4 is 4.90 Å². The number of amides is 1. The maximum absolute atomic E-state index is 12.1. The third kappa shape index (κ3) is 4.01. The van der Waals surface area contributed by atoms with Crippen molar-refractivity contribution in [2.45, 2.75) is 17.9 Å². The molecule has 0 saturated heterocycles. The number of hydrogen-bond donors (Lipinski definition) is 0. The summed E-state index contributed by atoms with van der Waals surface area (Å²) < 4.78 is 5.25. The van der Waals surface area contributed by atoms with Crippen LogP contribution >= 0.6 is 11.8 Å². The van der Waals surface area contributed by atoms with Gasteiger partial charge in [-0.25, -0.2) is 0 Å². The minimum atomic E-state index is -0.392. The summed E-state index contributed by atoms with van der Waals surface area (Å²) in [5.41, 5.74) is 2.01. The molecule has 0 fully saturated rings. The van der Waals surface area contributed by atoms with E-state index in [1.54, 1.807) is 29.2 Å². The third-order valence-corrected chi connectivity index (χ3v) is 4.92. The molecule has 0 spiro atoms. The van der Waals surface area contributed by atoms with E-state index >= 15 is 0 Å². The molecule has 0 aliphatic carbocycles. The highest BCUT2D eigenvalue weighted by Crippen LogP contribution is 2.34. The van der Waals surface area contributed by atoms with Crippen LogP contribution in [0.4, 0.5) is 5.69 Å². The van der Waals surface area contributed by atoms with Gasteiger partial charge < -0.3 is 9.64 Å². The van der Waals surface area contributed by atoms with Gasteiger partial charge in [-0.1, -0.05) is 30.3 Å². The van der Waals surface area contributed by atoms with Crippen molar-refractivity contribution in [3.05, 3.63) is 59.7 Å². The number of ether oxygens (including phenoxy) is 1. The molecule has 1 amide bonds. The number of nitriles is 1. The summed E-state index contributed by atoms with van der Waals surface area (Å²) in [6, 6.07) is 16.7. The Kier molecular flexibility index (Phi) is 5.36. The summed E-state index contributed by atoms with van der Waals surface area (Å²) in [4.78, 5) is 26.9. The molecular formula is C19H16N2O3S. The molecule has 2 aromatic rings. The molecule has 1 aliphatic rings. The van der Waals surface area contributed by atoms with Crippen molar-refractivity contribution < 1.29 is 14.3 Å². The first-order valence-corrected chi connectivity index (χ1v) is 8.83. The van der Waals surface area contributed by atoms with Gasteiger partial charge in [-0.3, -0.25) is 9.59 Å². The van der Waals surface area contributed by atoms with Crippen LogP contribution in [-0.4, -0.2) is 24.2 Å². The van der Waals surface area contributed by atoms with Gasteiger partial charge in [0.05, 0.1) is 29.5 Å². The van der Waals surface area contributed by atoms with Crippen LogP contribution in [0.25, 0.3) is 0 Å². The third-order valence-electron chi connectivity index (χ3n) is 3.87. The van der Waals surface area contributed by atoms with Crippen LogP contribution in [0, 0.1) is 11.3 Å². The fraction of sp³-hybridized carbons (Fsp3) is 0.211. The van der Waals surface area contributed by atoms with Gasteiger partial charge in [-0.2, -0.15) is 5.26 Å². The minimum absolute atomic E-state index is 0.00803. The second-order valence-electron chi connectivity index (χ2n) is 5.48. The highest BCUT2D eigenvalue weighted by Gasteiger charge is 2.24. The molecule has 25 heavy (non-hydrogen) atoms. The summed E-state index contributed by atoms with van der Waals surface area (Å²) in [5, 5.41) is 9.04. The number of benzene rings is 2. The Balaban J connectivity index is 1.58. The molecule has 0 bridgehead atoms. The maximum Gasteiger partial charge on any atom is 0.307 e. The number of fused-ring (bicyclic) bond motifs is 1. The summed E-state index contributed by atoms with van der Waals surface area (Å²) >= 11 is 1.51. The van der Waals surface area contributed by atoms with Crippen molar-refractivity contribution in [3.63, 3.8) is 0 Å². The van der Waals surface area contributed by atoms with Gasteiger partial charge in [0, 0.05) is 17.0 Å². The number of anilines is 1. The van der Waals surface area contributed by atoms with Gasteiger partial charge in [0.1, 0.15) is 6.61 Å². The molecule has 0 N–H and O–H groups in total. The minimum Gasteiger partial charge on any atom is -0.461 e. The van der Waals surface area contributed by atoms with Crippen LogP contribution in [0.3, 0.4) is 0 Å². The van der Waals surface area contributed by atoms with Gasteiger partial charge in [0.25, 0.3) is 0 Å². The van der Waals surface area contributed by atoms with Crippen LogP contribution in [0.2, 0.25) is 0 Å². The number of carbonyl (C=O) groups excluding carboxylic acids is 2. The smallest absolute Gasteiger partial charge is 0.307 e. The van der Waals surface area contributed by atoms with Crippen LogP contribution in [-0.2, 0) is 20.9 Å². The zero-order chi connectivity index (χ0) is 17.6. The molecule has 3 rings (SSSR count). The molecule has 0 aromatic heterocycles. The van der Waals surface area contributed by atoms with Crippen LogP contribution in [0.15, 0.2) is 53.4 Å². The standard InChI is InChI=1S/C19H16N2O3S/c20-11-14-5-1-2-6-15(14)12-24-19(23)9-10-21-16-7-3-4-8-17(16)25-13-18(21)22/h1-8H,9-10,12-13H2. The number of nitrogens with zero attached hydrogens (tertiary/aromatic N) is 2. The lowest BCUT2D eigenvalue weighted by molar-refractivity contribution is -0.144. The van der Waals surface area contributed by atoms with Crippen molar-refractivity contribution in [1.82, 2.24) is 0 Å². The first kappa shape index (κ1) is 17.1. The van der Waals surface area contributed by atoms with E-state index in [9.17, 15) is 9.59 Å². The van der Waals surface area contributed by atoms with E-state index in [4.69, 9.17) is 10.00 Å². The Morgan fingerprint density at radius 3 is 2.80 bits per heavy atom. The van der Waals surface area contributed by atoms with Crippen molar-refractivity contribution in [2.24, 2.45) is 0 Å². The van der Waals surface area contributed by atoms with Crippen molar-refractivity contribution in [2.75, 3.05) is 17.2 Å². The number of thioether (sulfide) groups is 1. The molecular weight excluding hydrogens is 336 g/mol. The largest absolute Gasteiger partial charge is 0.461 e. The fourth-order valence-corrected chi connectivity index (χ4v) is 3.52. The average Bonchev–Trinajstić information content (AvgIpc) is 2.65. The van der Waals surface area contributed by atoms with E-state index in [0.717, 1.165) is 10.6 Å². The first-order valence-electron chi connectivity index (χ1n) is 7.85. The van der Waals surface area contributed by atoms with E-state index in [-0.39, 0.29) is 25.5 Å². The highest BCUT2D eigenvalue weighted by molar-refractivity contribution is 8.00. The molecule has 6 heteroatoms. The van der Waals surface area contributed by atoms with E-state index in [2.05, 4.69) is 6.07 Å². The van der Waals surface area contributed by atoms with Crippen molar-refractivity contribution in [1.29, 1.82) is 5.26 Å². The van der Waals surface area contributed by atoms with Crippen molar-refractivity contribution in [3.8, 4) is 6.07 Å². The molecule has 0 atom stereocenters. The lowest BCUT2D eigenvalue weighted by atomic mass is 10.1. The number of esters is 1. The van der Waals surface area contributed by atoms with Gasteiger partial charge in [-0.15, -0.1) is 11.8 Å². The molecule has 0 radical (unpaired) electrons. The molecule has 1 aliphatic heterocycles. The quantitative estimate of drug-likeness (QED) is 0.773. The van der Waals surface area contributed by atoms with Crippen molar-refractivity contribution >= 4 is 29.3 Å². The summed E-state index contributed by atoms with van der Waals surface area (Å²) in [5.74, 6) is -0.0238. The Labute approximate surface area is 150 Å². The molecule has 5 nitrogen and oxygen atoms in total. The molecule has 0 unspecified atom stereocenters. The molecule has 2 aromatic carbocycles. The van der Waals surface area contributed by atoms with E-state index < -0.39 is 5.97 Å². The predicted octanol–water partition coefficient (Wildman–Crippen LogP) is 3.13. The normalized spacial score (nSPS) is 13.1. The van der Waals surface area contributed by atoms with Gasteiger partial charge >= 0.3 is 5.97 Å². The van der Waals surface area contributed by atoms with Crippen LogP contribution in [0.1, 0.15) is 17.5 Å². The van der Waals surface area contributed by atoms with Gasteiger partial charge in [0.15, 0.2) is 0 Å². The Morgan fingerprint density at radius 1 is 1.20 bits per heavy atom. The predicted molar refractivity (Wildman–Crippen MR) is 95.1 cm³/mol. The number of rotatable bonds is 5. The monoisotopic (exact) mass is 352 g/mol. The van der Waals surface area contributed by atoms with E-state index in [0.29, 0.717) is 16.9 Å². The Hall–Kier alpha value is -2.78. The molecule has 0 saturated carbocycles. The zero-order valence-corrected chi connectivity index (χ0v) is 14.3. The number of hydrogen-bond acceptors (Lipinski definition) is 5. The van der Waals surface area contributed by atoms with E-state index in [1.807, 2.05) is 24.3 Å². The lowest BCUT2D eigenvalue weighted by Gasteiger charge is -2.28. The molecule has 1 heterocycles. The number of carbonyl (C=O) groups is 2. The fourth-order valence-electron chi connectivity index (χ4n) is 2.59. The molecule has 126 valence electrons. The van der Waals surface area contributed by atoms with Crippen LogP contribution in [0.5, 0.6) is 0 Å². The second-order valence-corrected chi connectivity index (χ2v) is 6.50. The lowest BCUT2D eigenvalue weighted by Crippen LogP contribution is -2.37. The summed E-state index contributed by atoms with van der Waals surface area (Å²) in [6.07, 6.45) is 0.111. The second kappa shape index (κ2) is 7.86. The average molecular weight is 352 g/mol. The SMILES string of the molecule is N#Cc1ccccc1COC(=O)CCN1C(=O)CSc2ccccc21. The topological polar surface area (TPSA) is 70.4 Å². The highest BCUT2D eigenvalue weighted by atomic mass is 32.2. The maximum atomic E-state index is 12.1. The zero-order valence-electron chi connectivity index (χ0n) is 13.5. The Bertz CT molecular complexity index is 845. The summed E-state index contributed by atoms with van der Waals surface area (Å²) in [7, 11) is 0. The summed E-state index contributed by atoms with van der Waals surface area (Å²) in [6.45, 7) is 0.345. The number of para-hydroxylation sites is 1. The van der Waals surface area contributed by atoms with Gasteiger partial charge in [0.2, 0.25) is 5.91 Å².